The highest BCUT2D eigenvalue weighted by atomic mass is 19.1. The van der Waals surface area contributed by atoms with E-state index in [2.05, 4.69) is 0 Å². The molecule has 0 amide bonds. The van der Waals surface area contributed by atoms with Crippen molar-refractivity contribution in [2.45, 2.75) is 38.2 Å². The number of carbonyl (C=O) groups is 1. The van der Waals surface area contributed by atoms with E-state index >= 15 is 0 Å². The molecule has 1 aliphatic rings. The average molecular weight is 254 g/mol. The minimum absolute atomic E-state index is 0.0453. The van der Waals surface area contributed by atoms with Crippen molar-refractivity contribution in [1.29, 1.82) is 0 Å². The zero-order chi connectivity index (χ0) is 13.0. The van der Waals surface area contributed by atoms with E-state index in [1.54, 1.807) is 0 Å². The molecule has 0 aliphatic carbocycles. The van der Waals surface area contributed by atoms with Crippen molar-refractivity contribution in [2.75, 3.05) is 6.61 Å². The van der Waals surface area contributed by atoms with Crippen molar-refractivity contribution in [1.82, 2.24) is 0 Å². The molecule has 98 valence electrons. The molecule has 4 heteroatoms. The predicted octanol–water partition coefficient (Wildman–Crippen LogP) is 3.04. The smallest absolute Gasteiger partial charge is 0.137 e. The van der Waals surface area contributed by atoms with Crippen LogP contribution in [0.3, 0.4) is 0 Å². The van der Waals surface area contributed by atoms with Crippen molar-refractivity contribution >= 4 is 5.78 Å². The van der Waals surface area contributed by atoms with Gasteiger partial charge in [-0.25, -0.2) is 8.78 Å². The van der Waals surface area contributed by atoms with Crippen LogP contribution in [0.5, 0.6) is 0 Å². The SMILES string of the molecule is O=C(CCC1CCCO1)Cc1cc(F)ccc1F. The van der Waals surface area contributed by atoms with Gasteiger partial charge in [-0.2, -0.15) is 0 Å². The fourth-order valence-electron chi connectivity index (χ4n) is 2.17. The lowest BCUT2D eigenvalue weighted by Crippen LogP contribution is -2.11. The van der Waals surface area contributed by atoms with Crippen molar-refractivity contribution in [3.8, 4) is 0 Å². The maximum atomic E-state index is 13.3. The van der Waals surface area contributed by atoms with Gasteiger partial charge in [0, 0.05) is 19.4 Å². The molecule has 1 fully saturated rings. The Labute approximate surface area is 105 Å². The van der Waals surface area contributed by atoms with E-state index in [0.717, 1.165) is 37.6 Å². The Bertz CT molecular complexity index is 426. The lowest BCUT2D eigenvalue weighted by Gasteiger charge is -2.08. The normalized spacial score (nSPS) is 19.1. The van der Waals surface area contributed by atoms with Gasteiger partial charge in [0.05, 0.1) is 6.10 Å². The summed E-state index contributed by atoms with van der Waals surface area (Å²) in [5.41, 5.74) is 0.132. The van der Waals surface area contributed by atoms with Gasteiger partial charge in [0.25, 0.3) is 0 Å². The number of carbonyl (C=O) groups excluding carboxylic acids is 1. The number of ether oxygens (including phenoxy) is 1. The monoisotopic (exact) mass is 254 g/mol. The summed E-state index contributed by atoms with van der Waals surface area (Å²) in [5, 5.41) is 0. The van der Waals surface area contributed by atoms with E-state index in [1.807, 2.05) is 0 Å². The minimum atomic E-state index is -0.526. The van der Waals surface area contributed by atoms with Gasteiger partial charge in [0.15, 0.2) is 0 Å². The molecule has 0 saturated carbocycles. The van der Waals surface area contributed by atoms with Gasteiger partial charge in [-0.1, -0.05) is 0 Å². The standard InChI is InChI=1S/C14H16F2O2/c15-11-3-6-14(16)10(8-11)9-12(17)4-5-13-2-1-7-18-13/h3,6,8,13H,1-2,4-5,7,9H2. The topological polar surface area (TPSA) is 26.3 Å². The molecule has 0 spiro atoms. The van der Waals surface area contributed by atoms with E-state index < -0.39 is 11.6 Å². The molecule has 2 nitrogen and oxygen atoms in total. The van der Waals surface area contributed by atoms with Gasteiger partial charge in [-0.15, -0.1) is 0 Å². The lowest BCUT2D eigenvalue weighted by atomic mass is 10.0. The first kappa shape index (κ1) is 13.1. The molecule has 0 radical (unpaired) electrons. The molecule has 18 heavy (non-hydrogen) atoms. The van der Waals surface area contributed by atoms with Gasteiger partial charge in [-0.3, -0.25) is 4.79 Å². The Morgan fingerprint density at radius 3 is 2.94 bits per heavy atom. The second-order valence-electron chi connectivity index (χ2n) is 4.62. The van der Waals surface area contributed by atoms with Crippen molar-refractivity contribution in [3.05, 3.63) is 35.4 Å². The predicted molar refractivity (Wildman–Crippen MR) is 63.3 cm³/mol. The van der Waals surface area contributed by atoms with Crippen molar-refractivity contribution in [3.63, 3.8) is 0 Å². The molecule has 1 unspecified atom stereocenters. The number of hydrogen-bond acceptors (Lipinski definition) is 2. The third-order valence-electron chi connectivity index (χ3n) is 3.16. The Hall–Kier alpha value is -1.29. The Morgan fingerprint density at radius 2 is 2.22 bits per heavy atom. The van der Waals surface area contributed by atoms with E-state index in [-0.39, 0.29) is 23.9 Å². The summed E-state index contributed by atoms with van der Waals surface area (Å²) in [6.07, 6.45) is 3.18. The quantitative estimate of drug-likeness (QED) is 0.807. The Balaban J connectivity index is 1.84. The third-order valence-corrected chi connectivity index (χ3v) is 3.16. The number of hydrogen-bond donors (Lipinski definition) is 0. The third kappa shape index (κ3) is 3.60. The molecule has 1 saturated heterocycles. The summed E-state index contributed by atoms with van der Waals surface area (Å²) in [4.78, 5) is 11.7. The van der Waals surface area contributed by atoms with E-state index in [9.17, 15) is 13.6 Å². The fourth-order valence-corrected chi connectivity index (χ4v) is 2.17. The van der Waals surface area contributed by atoms with Crippen molar-refractivity contribution < 1.29 is 18.3 Å². The van der Waals surface area contributed by atoms with Crippen LogP contribution in [-0.4, -0.2) is 18.5 Å². The zero-order valence-electron chi connectivity index (χ0n) is 10.1. The van der Waals surface area contributed by atoms with Gasteiger partial charge in [0.1, 0.15) is 17.4 Å². The van der Waals surface area contributed by atoms with E-state index in [0.29, 0.717) is 12.8 Å². The largest absolute Gasteiger partial charge is 0.378 e. The van der Waals surface area contributed by atoms with E-state index in [1.165, 1.54) is 0 Å². The molecular formula is C14H16F2O2. The lowest BCUT2D eigenvalue weighted by molar-refractivity contribution is -0.119. The maximum Gasteiger partial charge on any atom is 0.137 e. The second kappa shape index (κ2) is 6.05. The summed E-state index contributed by atoms with van der Waals surface area (Å²) in [7, 11) is 0. The van der Waals surface area contributed by atoms with Crippen LogP contribution in [0.25, 0.3) is 0 Å². The first-order valence-corrected chi connectivity index (χ1v) is 6.22. The van der Waals surface area contributed by atoms with Crippen molar-refractivity contribution in [2.24, 2.45) is 0 Å². The number of rotatable bonds is 5. The van der Waals surface area contributed by atoms with Gasteiger partial charge in [0.2, 0.25) is 0 Å². The summed E-state index contributed by atoms with van der Waals surface area (Å²) >= 11 is 0. The first-order valence-electron chi connectivity index (χ1n) is 6.22. The fraction of sp³-hybridized carbons (Fsp3) is 0.500. The molecule has 0 N–H and O–H groups in total. The van der Waals surface area contributed by atoms with Gasteiger partial charge in [-0.05, 0) is 43.0 Å². The number of halogens is 2. The van der Waals surface area contributed by atoms with E-state index in [4.69, 9.17) is 4.74 Å². The van der Waals surface area contributed by atoms with Crippen LogP contribution in [0.2, 0.25) is 0 Å². The summed E-state index contributed by atoms with van der Waals surface area (Å²) < 4.78 is 31.7. The van der Waals surface area contributed by atoms with Crippen LogP contribution < -0.4 is 0 Å². The average Bonchev–Trinajstić information content (AvgIpc) is 2.84. The molecule has 1 atom stereocenters. The summed E-state index contributed by atoms with van der Waals surface area (Å²) in [5.74, 6) is -1.12. The number of Topliss-reactive ketones (excluding diaryl/α,β-unsaturated/α-hetero) is 1. The maximum absolute atomic E-state index is 13.3. The van der Waals surface area contributed by atoms with Crippen LogP contribution in [0, 0.1) is 11.6 Å². The number of benzene rings is 1. The molecule has 1 heterocycles. The van der Waals surface area contributed by atoms with Gasteiger partial charge < -0.3 is 4.74 Å². The summed E-state index contributed by atoms with van der Waals surface area (Å²) in [6, 6.07) is 3.19. The molecule has 1 aromatic rings. The molecule has 0 bridgehead atoms. The Kier molecular flexibility index (Phi) is 4.42. The second-order valence-corrected chi connectivity index (χ2v) is 4.62. The minimum Gasteiger partial charge on any atom is -0.378 e. The molecular weight excluding hydrogens is 238 g/mol. The first-order chi connectivity index (χ1) is 8.65. The highest BCUT2D eigenvalue weighted by Gasteiger charge is 2.17. The van der Waals surface area contributed by atoms with Crippen LogP contribution >= 0.6 is 0 Å². The summed E-state index contributed by atoms with van der Waals surface area (Å²) in [6.45, 7) is 0.761. The Morgan fingerprint density at radius 1 is 1.39 bits per heavy atom. The zero-order valence-corrected chi connectivity index (χ0v) is 10.1. The molecule has 1 aliphatic heterocycles. The van der Waals surface area contributed by atoms with Crippen LogP contribution in [0.15, 0.2) is 18.2 Å². The molecule has 0 aromatic heterocycles. The highest BCUT2D eigenvalue weighted by Crippen LogP contribution is 2.18. The number of ketones is 1. The molecule has 2 rings (SSSR count). The highest BCUT2D eigenvalue weighted by molar-refractivity contribution is 5.80. The van der Waals surface area contributed by atoms with Crippen LogP contribution in [-0.2, 0) is 16.0 Å². The van der Waals surface area contributed by atoms with Crippen LogP contribution in [0.1, 0.15) is 31.2 Å². The van der Waals surface area contributed by atoms with Gasteiger partial charge >= 0.3 is 0 Å². The van der Waals surface area contributed by atoms with Crippen LogP contribution in [0.4, 0.5) is 8.78 Å². The molecule has 1 aromatic carbocycles.